The second-order valence-electron chi connectivity index (χ2n) is 7.14. The Labute approximate surface area is 122 Å². The van der Waals surface area contributed by atoms with E-state index in [1.54, 1.807) is 0 Å². The van der Waals surface area contributed by atoms with Gasteiger partial charge in [-0.05, 0) is 69.3 Å². The summed E-state index contributed by atoms with van der Waals surface area (Å²) in [5, 5.41) is 4.81. The van der Waals surface area contributed by atoms with Gasteiger partial charge in [0.25, 0.3) is 0 Å². The van der Waals surface area contributed by atoms with Gasteiger partial charge in [-0.1, -0.05) is 13.3 Å². The lowest BCUT2D eigenvalue weighted by atomic mass is 9.89. The van der Waals surface area contributed by atoms with E-state index in [2.05, 4.69) is 25.5 Å². The highest BCUT2D eigenvalue weighted by molar-refractivity contribution is 5.25. The number of aryl methyl sites for hydroxylation is 1. The topological polar surface area (TPSA) is 43.8 Å². The number of nitrogens with zero attached hydrogens (tertiary/aromatic N) is 2. The van der Waals surface area contributed by atoms with E-state index in [0.29, 0.717) is 0 Å². The molecule has 0 radical (unpaired) electrons. The fourth-order valence-electron chi connectivity index (χ4n) is 4.44. The van der Waals surface area contributed by atoms with Gasteiger partial charge in [-0.3, -0.25) is 4.68 Å². The Balaban J connectivity index is 1.72. The van der Waals surface area contributed by atoms with Crippen molar-refractivity contribution >= 4 is 0 Å². The standard InChI is InChI=1S/C17H29N3/c1-4-16(18)9-17-11(2)19-20(12(17)3)10-15-8-13-5-6-14(15)7-13/h13-16H,4-10,18H2,1-3H3. The van der Waals surface area contributed by atoms with Crippen LogP contribution in [0.1, 0.15) is 56.0 Å². The monoisotopic (exact) mass is 275 g/mol. The molecule has 112 valence electrons. The van der Waals surface area contributed by atoms with Crippen molar-refractivity contribution in [2.45, 2.75) is 71.9 Å². The van der Waals surface area contributed by atoms with Gasteiger partial charge in [-0.15, -0.1) is 0 Å². The van der Waals surface area contributed by atoms with Crippen LogP contribution in [-0.2, 0) is 13.0 Å². The predicted octanol–water partition coefficient (Wildman–Crippen LogP) is 3.22. The summed E-state index contributed by atoms with van der Waals surface area (Å²) in [5.41, 5.74) is 10.1. The van der Waals surface area contributed by atoms with Gasteiger partial charge in [0.15, 0.2) is 0 Å². The molecule has 3 rings (SSSR count). The molecule has 3 nitrogen and oxygen atoms in total. The molecule has 2 aliphatic rings. The number of nitrogens with two attached hydrogens (primary N) is 1. The largest absolute Gasteiger partial charge is 0.327 e. The normalized spacial score (nSPS) is 30.1. The molecule has 0 amide bonds. The highest BCUT2D eigenvalue weighted by Crippen LogP contribution is 2.48. The molecule has 2 N–H and O–H groups in total. The molecule has 4 unspecified atom stereocenters. The fourth-order valence-corrected chi connectivity index (χ4v) is 4.44. The first-order valence-corrected chi connectivity index (χ1v) is 8.37. The van der Waals surface area contributed by atoms with Gasteiger partial charge in [-0.2, -0.15) is 5.10 Å². The fraction of sp³-hybridized carbons (Fsp3) is 0.824. The third kappa shape index (κ3) is 2.52. The zero-order valence-electron chi connectivity index (χ0n) is 13.2. The first-order valence-electron chi connectivity index (χ1n) is 8.37. The SMILES string of the molecule is CCC(N)Cc1c(C)nn(CC2CC3CCC2C3)c1C. The molecular formula is C17H29N3. The van der Waals surface area contributed by atoms with Gasteiger partial charge in [0.1, 0.15) is 0 Å². The lowest BCUT2D eigenvalue weighted by molar-refractivity contribution is 0.283. The number of rotatable bonds is 5. The van der Waals surface area contributed by atoms with E-state index in [1.165, 1.54) is 42.6 Å². The summed E-state index contributed by atoms with van der Waals surface area (Å²) in [4.78, 5) is 0. The Bertz CT molecular complexity index is 477. The molecular weight excluding hydrogens is 246 g/mol. The van der Waals surface area contributed by atoms with Crippen LogP contribution >= 0.6 is 0 Å². The van der Waals surface area contributed by atoms with E-state index in [-0.39, 0.29) is 6.04 Å². The predicted molar refractivity (Wildman–Crippen MR) is 82.6 cm³/mol. The van der Waals surface area contributed by atoms with E-state index < -0.39 is 0 Å². The van der Waals surface area contributed by atoms with Gasteiger partial charge in [0, 0.05) is 18.3 Å². The molecule has 0 aliphatic heterocycles. The Hall–Kier alpha value is -0.830. The molecule has 0 aromatic carbocycles. The highest BCUT2D eigenvalue weighted by atomic mass is 15.3. The quantitative estimate of drug-likeness (QED) is 0.896. The average Bonchev–Trinajstić information content (AvgIpc) is 3.10. The Morgan fingerprint density at radius 2 is 2.10 bits per heavy atom. The summed E-state index contributed by atoms with van der Waals surface area (Å²) in [6, 6.07) is 0.271. The molecule has 0 spiro atoms. The van der Waals surface area contributed by atoms with E-state index >= 15 is 0 Å². The van der Waals surface area contributed by atoms with Crippen LogP contribution in [0.4, 0.5) is 0 Å². The molecule has 3 heteroatoms. The highest BCUT2D eigenvalue weighted by Gasteiger charge is 2.39. The lowest BCUT2D eigenvalue weighted by Crippen LogP contribution is -2.22. The Morgan fingerprint density at radius 3 is 2.70 bits per heavy atom. The minimum absolute atomic E-state index is 0.271. The maximum atomic E-state index is 6.13. The van der Waals surface area contributed by atoms with Crippen LogP contribution in [0.5, 0.6) is 0 Å². The van der Waals surface area contributed by atoms with Crippen molar-refractivity contribution < 1.29 is 0 Å². The van der Waals surface area contributed by atoms with Gasteiger partial charge in [-0.25, -0.2) is 0 Å². The van der Waals surface area contributed by atoms with Crippen LogP contribution in [0.2, 0.25) is 0 Å². The molecule has 4 atom stereocenters. The molecule has 0 saturated heterocycles. The smallest absolute Gasteiger partial charge is 0.0629 e. The maximum Gasteiger partial charge on any atom is 0.0629 e. The summed E-state index contributed by atoms with van der Waals surface area (Å²) in [5.74, 6) is 2.87. The van der Waals surface area contributed by atoms with Crippen molar-refractivity contribution in [3.05, 3.63) is 17.0 Å². The van der Waals surface area contributed by atoms with Gasteiger partial charge in [0.2, 0.25) is 0 Å². The molecule has 2 saturated carbocycles. The third-order valence-electron chi connectivity index (χ3n) is 5.81. The van der Waals surface area contributed by atoms with Crippen LogP contribution in [0.25, 0.3) is 0 Å². The first kappa shape index (κ1) is 14.1. The van der Waals surface area contributed by atoms with Crippen LogP contribution in [0, 0.1) is 31.6 Å². The Morgan fingerprint density at radius 1 is 1.30 bits per heavy atom. The van der Waals surface area contributed by atoms with E-state index in [0.717, 1.165) is 37.1 Å². The second kappa shape index (κ2) is 5.51. The van der Waals surface area contributed by atoms with Crippen molar-refractivity contribution in [3.8, 4) is 0 Å². The molecule has 2 fully saturated rings. The summed E-state index contributed by atoms with van der Waals surface area (Å²) in [6.45, 7) is 7.66. The molecule has 2 bridgehead atoms. The molecule has 2 aliphatic carbocycles. The van der Waals surface area contributed by atoms with E-state index in [9.17, 15) is 0 Å². The van der Waals surface area contributed by atoms with Gasteiger partial charge >= 0.3 is 0 Å². The molecule has 1 aromatic rings. The molecule has 20 heavy (non-hydrogen) atoms. The van der Waals surface area contributed by atoms with E-state index in [1.807, 2.05) is 0 Å². The van der Waals surface area contributed by atoms with Crippen LogP contribution < -0.4 is 5.73 Å². The summed E-state index contributed by atoms with van der Waals surface area (Å²) in [7, 11) is 0. The first-order chi connectivity index (χ1) is 9.58. The maximum absolute atomic E-state index is 6.13. The number of aromatic nitrogens is 2. The number of hydrogen-bond donors (Lipinski definition) is 1. The lowest BCUT2D eigenvalue weighted by Gasteiger charge is -2.22. The van der Waals surface area contributed by atoms with Gasteiger partial charge in [0.05, 0.1) is 5.69 Å². The zero-order valence-corrected chi connectivity index (χ0v) is 13.2. The third-order valence-corrected chi connectivity index (χ3v) is 5.81. The number of fused-ring (bicyclic) bond motifs is 2. The van der Waals surface area contributed by atoms with Crippen molar-refractivity contribution in [2.75, 3.05) is 0 Å². The minimum Gasteiger partial charge on any atom is -0.327 e. The van der Waals surface area contributed by atoms with Crippen molar-refractivity contribution in [3.63, 3.8) is 0 Å². The summed E-state index contributed by atoms with van der Waals surface area (Å²) >= 11 is 0. The summed E-state index contributed by atoms with van der Waals surface area (Å²) in [6.07, 6.45) is 7.88. The van der Waals surface area contributed by atoms with Crippen LogP contribution in [0.3, 0.4) is 0 Å². The Kier molecular flexibility index (Phi) is 3.89. The summed E-state index contributed by atoms with van der Waals surface area (Å²) < 4.78 is 2.28. The van der Waals surface area contributed by atoms with Crippen LogP contribution in [-0.4, -0.2) is 15.8 Å². The van der Waals surface area contributed by atoms with Crippen molar-refractivity contribution in [1.82, 2.24) is 9.78 Å². The van der Waals surface area contributed by atoms with Crippen LogP contribution in [0.15, 0.2) is 0 Å². The van der Waals surface area contributed by atoms with Gasteiger partial charge < -0.3 is 5.73 Å². The second-order valence-corrected chi connectivity index (χ2v) is 7.14. The van der Waals surface area contributed by atoms with Crippen molar-refractivity contribution in [2.24, 2.45) is 23.5 Å². The molecule has 1 aromatic heterocycles. The minimum atomic E-state index is 0.271. The zero-order chi connectivity index (χ0) is 14.3. The number of hydrogen-bond acceptors (Lipinski definition) is 2. The average molecular weight is 275 g/mol. The van der Waals surface area contributed by atoms with Crippen molar-refractivity contribution in [1.29, 1.82) is 0 Å². The van der Waals surface area contributed by atoms with E-state index in [4.69, 9.17) is 10.8 Å². The molecule has 1 heterocycles.